The molecule has 4 heteroatoms. The van der Waals surface area contributed by atoms with E-state index in [1.807, 2.05) is 0 Å². The molecule has 60 valence electrons. The predicted octanol–water partition coefficient (Wildman–Crippen LogP) is 0.790. The molecular weight excluding hydrogens is 147 g/mol. The lowest BCUT2D eigenvalue weighted by atomic mass is 10.2. The average Bonchev–Trinajstić information content (AvgIpc) is 2.46. The summed E-state index contributed by atoms with van der Waals surface area (Å²) in [6.07, 6.45) is 0.822. The topological polar surface area (TPSA) is 38.1 Å². The zero-order valence-electron chi connectivity index (χ0n) is 6.06. The Morgan fingerprint density at radius 1 is 1.64 bits per heavy atom. The van der Waals surface area contributed by atoms with Crippen molar-refractivity contribution in [3.05, 3.63) is 17.3 Å². The highest BCUT2D eigenvalue weighted by Crippen LogP contribution is 2.15. The van der Waals surface area contributed by atoms with E-state index in [4.69, 9.17) is 4.42 Å². The molecule has 0 aliphatic carbocycles. The van der Waals surface area contributed by atoms with Crippen LogP contribution in [0.2, 0.25) is 0 Å². The van der Waals surface area contributed by atoms with Gasteiger partial charge in [-0.2, -0.15) is 0 Å². The molecule has 0 aromatic carbocycles. The summed E-state index contributed by atoms with van der Waals surface area (Å²) in [5.74, 6) is 1.05. The van der Waals surface area contributed by atoms with Gasteiger partial charge in [-0.3, -0.25) is 0 Å². The second-order valence-electron chi connectivity index (χ2n) is 2.54. The number of oxazole rings is 1. The van der Waals surface area contributed by atoms with Crippen molar-refractivity contribution in [2.24, 2.45) is 0 Å². The Balaban J connectivity index is 2.32. The molecular formula is C7H9FN2O. The van der Waals surface area contributed by atoms with Crippen LogP contribution >= 0.6 is 0 Å². The second kappa shape index (κ2) is 2.62. The summed E-state index contributed by atoms with van der Waals surface area (Å²) in [5, 5.41) is 3.13. The van der Waals surface area contributed by atoms with Gasteiger partial charge in [-0.05, 0) is 0 Å². The fraction of sp³-hybridized carbons (Fsp3) is 0.571. The second-order valence-corrected chi connectivity index (χ2v) is 2.54. The van der Waals surface area contributed by atoms with E-state index in [1.54, 1.807) is 0 Å². The third-order valence-corrected chi connectivity index (χ3v) is 1.76. The Labute approximate surface area is 63.6 Å². The maximum absolute atomic E-state index is 12.0. The van der Waals surface area contributed by atoms with Gasteiger partial charge >= 0.3 is 0 Å². The maximum atomic E-state index is 12.0. The number of nitrogens with zero attached hydrogens (tertiary/aromatic N) is 1. The molecule has 11 heavy (non-hydrogen) atoms. The Hall–Kier alpha value is -0.900. The molecule has 0 saturated carbocycles. The zero-order chi connectivity index (χ0) is 7.68. The van der Waals surface area contributed by atoms with E-state index in [1.165, 1.54) is 0 Å². The van der Waals surface area contributed by atoms with Gasteiger partial charge < -0.3 is 9.73 Å². The summed E-state index contributed by atoms with van der Waals surface area (Å²) >= 11 is 0. The van der Waals surface area contributed by atoms with Gasteiger partial charge in [0.2, 0.25) is 5.89 Å². The zero-order valence-corrected chi connectivity index (χ0v) is 6.06. The fourth-order valence-corrected chi connectivity index (χ4v) is 1.24. The van der Waals surface area contributed by atoms with Crippen LogP contribution in [0, 0.1) is 0 Å². The Kier molecular flexibility index (Phi) is 1.62. The van der Waals surface area contributed by atoms with Crippen molar-refractivity contribution in [3.8, 4) is 0 Å². The van der Waals surface area contributed by atoms with Crippen LogP contribution in [0.25, 0.3) is 0 Å². The van der Waals surface area contributed by atoms with Gasteiger partial charge in [0.25, 0.3) is 0 Å². The minimum absolute atomic E-state index is 0.207. The van der Waals surface area contributed by atoms with E-state index >= 15 is 0 Å². The van der Waals surface area contributed by atoms with Crippen molar-refractivity contribution in [1.29, 1.82) is 0 Å². The molecule has 0 spiro atoms. The summed E-state index contributed by atoms with van der Waals surface area (Å²) in [6, 6.07) is 0. The van der Waals surface area contributed by atoms with Gasteiger partial charge in [-0.15, -0.1) is 0 Å². The Bertz CT molecular complexity index is 235. The fourth-order valence-electron chi connectivity index (χ4n) is 1.24. The first-order valence-electron chi connectivity index (χ1n) is 3.64. The molecule has 0 unspecified atom stereocenters. The van der Waals surface area contributed by atoms with E-state index in [9.17, 15) is 4.39 Å². The summed E-state index contributed by atoms with van der Waals surface area (Å²) in [4.78, 5) is 3.97. The minimum atomic E-state index is -0.604. The molecule has 2 rings (SSSR count). The van der Waals surface area contributed by atoms with Crippen LogP contribution < -0.4 is 5.32 Å². The number of nitrogens with one attached hydrogen (secondary N) is 1. The molecule has 2 heterocycles. The van der Waals surface area contributed by atoms with E-state index in [2.05, 4.69) is 10.3 Å². The largest absolute Gasteiger partial charge is 0.442 e. The SMILES string of the molecule is FCc1nc2c(o1)CCNC2. The predicted molar refractivity (Wildman–Crippen MR) is 36.7 cm³/mol. The molecule has 1 aromatic rings. The first kappa shape index (κ1) is 6.79. The molecule has 1 aliphatic heterocycles. The lowest BCUT2D eigenvalue weighted by molar-refractivity contribution is 0.363. The number of aromatic nitrogens is 1. The van der Waals surface area contributed by atoms with Crippen LogP contribution in [0.5, 0.6) is 0 Å². The quantitative estimate of drug-likeness (QED) is 0.653. The van der Waals surface area contributed by atoms with Gasteiger partial charge in [-0.1, -0.05) is 0 Å². The summed E-state index contributed by atoms with van der Waals surface area (Å²) < 4.78 is 17.2. The third kappa shape index (κ3) is 1.14. The highest BCUT2D eigenvalue weighted by Gasteiger charge is 2.15. The molecule has 1 aromatic heterocycles. The van der Waals surface area contributed by atoms with Crippen molar-refractivity contribution in [1.82, 2.24) is 10.3 Å². The van der Waals surface area contributed by atoms with Gasteiger partial charge in [0.15, 0.2) is 6.67 Å². The van der Waals surface area contributed by atoms with Crippen molar-refractivity contribution in [3.63, 3.8) is 0 Å². The van der Waals surface area contributed by atoms with E-state index < -0.39 is 6.67 Å². The van der Waals surface area contributed by atoms with Crippen LogP contribution in [-0.4, -0.2) is 11.5 Å². The molecule has 1 aliphatic rings. The number of alkyl halides is 1. The van der Waals surface area contributed by atoms with Crippen molar-refractivity contribution >= 4 is 0 Å². The summed E-state index contributed by atoms with van der Waals surface area (Å²) in [7, 11) is 0. The first-order chi connectivity index (χ1) is 5.40. The molecule has 0 amide bonds. The van der Waals surface area contributed by atoms with Crippen LogP contribution in [-0.2, 0) is 19.6 Å². The number of rotatable bonds is 1. The van der Waals surface area contributed by atoms with Gasteiger partial charge in [0, 0.05) is 19.5 Å². The van der Waals surface area contributed by atoms with Crippen LogP contribution in [0.3, 0.4) is 0 Å². The van der Waals surface area contributed by atoms with Gasteiger partial charge in [-0.25, -0.2) is 9.37 Å². The number of hydrogen-bond acceptors (Lipinski definition) is 3. The minimum Gasteiger partial charge on any atom is -0.442 e. The maximum Gasteiger partial charge on any atom is 0.226 e. The van der Waals surface area contributed by atoms with Crippen molar-refractivity contribution in [2.45, 2.75) is 19.6 Å². The molecule has 0 radical (unpaired) electrons. The molecule has 0 bridgehead atoms. The lowest BCUT2D eigenvalue weighted by Gasteiger charge is -2.08. The number of fused-ring (bicyclic) bond motifs is 1. The van der Waals surface area contributed by atoms with Crippen LogP contribution in [0.15, 0.2) is 4.42 Å². The highest BCUT2D eigenvalue weighted by molar-refractivity contribution is 5.12. The normalized spacial score (nSPS) is 16.5. The van der Waals surface area contributed by atoms with Crippen molar-refractivity contribution < 1.29 is 8.81 Å². The average molecular weight is 156 g/mol. The molecule has 0 atom stereocenters. The smallest absolute Gasteiger partial charge is 0.226 e. The molecule has 3 nitrogen and oxygen atoms in total. The van der Waals surface area contributed by atoms with Gasteiger partial charge in [0.05, 0.1) is 5.69 Å². The summed E-state index contributed by atoms with van der Waals surface area (Å²) in [5.41, 5.74) is 0.865. The monoisotopic (exact) mass is 156 g/mol. The van der Waals surface area contributed by atoms with E-state index in [0.717, 1.165) is 24.4 Å². The van der Waals surface area contributed by atoms with E-state index in [-0.39, 0.29) is 5.89 Å². The Morgan fingerprint density at radius 2 is 2.55 bits per heavy atom. The third-order valence-electron chi connectivity index (χ3n) is 1.76. The van der Waals surface area contributed by atoms with Crippen LogP contribution in [0.1, 0.15) is 17.3 Å². The summed E-state index contributed by atoms with van der Waals surface area (Å²) in [6.45, 7) is 1.000. The van der Waals surface area contributed by atoms with E-state index in [0.29, 0.717) is 6.54 Å². The first-order valence-corrected chi connectivity index (χ1v) is 3.64. The highest BCUT2D eigenvalue weighted by atomic mass is 19.1. The molecule has 0 saturated heterocycles. The lowest BCUT2D eigenvalue weighted by Crippen LogP contribution is -2.22. The molecule has 1 N–H and O–H groups in total. The standard InChI is InChI=1S/C7H9FN2O/c8-3-7-10-5-4-9-2-1-6(5)11-7/h9H,1-4H2. The van der Waals surface area contributed by atoms with Crippen LogP contribution in [0.4, 0.5) is 4.39 Å². The number of halogens is 1. The Morgan fingerprint density at radius 3 is 3.27 bits per heavy atom. The molecule has 0 fully saturated rings. The number of hydrogen-bond donors (Lipinski definition) is 1. The van der Waals surface area contributed by atoms with Gasteiger partial charge in [0.1, 0.15) is 5.76 Å². The van der Waals surface area contributed by atoms with Crippen molar-refractivity contribution in [2.75, 3.05) is 6.54 Å².